The molecule has 236 valence electrons. The van der Waals surface area contributed by atoms with Crippen molar-refractivity contribution < 1.29 is 0 Å². The number of fused-ring (bicyclic) bond motifs is 17. The highest BCUT2D eigenvalue weighted by Gasteiger charge is 2.53. The minimum Gasteiger partial charge on any atom is -0.0984 e. The Balaban J connectivity index is 1.29. The quantitative estimate of drug-likeness (QED) is 0.168. The molecule has 0 fully saturated rings. The van der Waals surface area contributed by atoms with Crippen molar-refractivity contribution in [3.63, 3.8) is 0 Å². The van der Waals surface area contributed by atoms with Crippen LogP contribution >= 0.6 is 0 Å². The lowest BCUT2D eigenvalue weighted by molar-refractivity contribution is 0.803. The van der Waals surface area contributed by atoms with Crippen LogP contribution in [0.2, 0.25) is 0 Å². The molecule has 0 saturated heterocycles. The van der Waals surface area contributed by atoms with E-state index in [4.69, 9.17) is 0 Å². The van der Waals surface area contributed by atoms with E-state index in [1.807, 2.05) is 12.2 Å². The molecule has 0 nitrogen and oxygen atoms in total. The van der Waals surface area contributed by atoms with Crippen LogP contribution in [0.25, 0.3) is 88.6 Å². The van der Waals surface area contributed by atoms with Crippen molar-refractivity contribution in [3.05, 3.63) is 204 Å². The minimum absolute atomic E-state index is 0.461. The van der Waals surface area contributed by atoms with Crippen LogP contribution in [0.15, 0.2) is 171 Å². The highest BCUT2D eigenvalue weighted by Crippen LogP contribution is 2.65. The van der Waals surface area contributed by atoms with E-state index in [9.17, 15) is 0 Å². The van der Waals surface area contributed by atoms with E-state index in [1.165, 1.54) is 98.7 Å². The first kappa shape index (κ1) is 28.3. The summed E-state index contributed by atoms with van der Waals surface area (Å²) in [7, 11) is 0. The predicted molar refractivity (Wildman–Crippen MR) is 218 cm³/mol. The van der Waals surface area contributed by atoms with E-state index in [1.54, 1.807) is 0 Å². The molecule has 0 saturated carbocycles. The maximum Gasteiger partial charge on any atom is 0.0731 e. The topological polar surface area (TPSA) is 0 Å². The van der Waals surface area contributed by atoms with E-state index in [-0.39, 0.29) is 0 Å². The molecule has 1 spiro atoms. The summed E-state index contributed by atoms with van der Waals surface area (Å²) in [6, 6.07) is 59.1. The molecule has 11 rings (SSSR count). The molecule has 51 heavy (non-hydrogen) atoms. The zero-order valence-corrected chi connectivity index (χ0v) is 28.1. The molecule has 0 bridgehead atoms. The fourth-order valence-electron chi connectivity index (χ4n) is 9.79. The van der Waals surface area contributed by atoms with Crippen LogP contribution < -0.4 is 0 Å². The summed E-state index contributed by atoms with van der Waals surface area (Å²) >= 11 is 0. The number of hydrogen-bond donors (Lipinski definition) is 0. The normalized spacial score (nSPS) is 13.4. The number of hydrogen-bond acceptors (Lipinski definition) is 0. The molecule has 2 aliphatic carbocycles. The molecule has 0 radical (unpaired) electrons. The van der Waals surface area contributed by atoms with Crippen molar-refractivity contribution >= 4 is 55.2 Å². The zero-order valence-electron chi connectivity index (χ0n) is 28.1. The highest BCUT2D eigenvalue weighted by atomic mass is 14.5. The van der Waals surface area contributed by atoms with Gasteiger partial charge in [-0.25, -0.2) is 0 Å². The monoisotopic (exact) mass is 644 g/mol. The summed E-state index contributed by atoms with van der Waals surface area (Å²) in [5.74, 6) is 0. The molecule has 0 heterocycles. The molecule has 0 atom stereocenters. The Morgan fingerprint density at radius 3 is 1.65 bits per heavy atom. The summed E-state index contributed by atoms with van der Waals surface area (Å²) < 4.78 is 0. The Kier molecular flexibility index (Phi) is 5.70. The van der Waals surface area contributed by atoms with Crippen molar-refractivity contribution in [1.82, 2.24) is 0 Å². The van der Waals surface area contributed by atoms with E-state index in [2.05, 4.69) is 171 Å². The van der Waals surface area contributed by atoms with Gasteiger partial charge in [0.2, 0.25) is 0 Å². The highest BCUT2D eigenvalue weighted by molar-refractivity contribution is 6.20. The standard InChI is InChI=1S/C51H32/c1-3-35-36(4-2)44(29-32-15-5-6-16-37(32)35)33-26-25-31-28-45-48(30-34(31)27-33)51(46-23-13-11-19-40(46)41-20-12-14-24-47(41)51)50-43-22-10-8-18-39(43)38-17-7-9-21-42(38)49(45)50/h3-30H,1-2H2. The van der Waals surface area contributed by atoms with E-state index >= 15 is 0 Å². The van der Waals surface area contributed by atoms with Gasteiger partial charge in [0.15, 0.2) is 0 Å². The zero-order chi connectivity index (χ0) is 33.8. The lowest BCUT2D eigenvalue weighted by atomic mass is 9.69. The van der Waals surface area contributed by atoms with E-state index in [0.717, 1.165) is 11.1 Å². The Morgan fingerprint density at radius 1 is 0.373 bits per heavy atom. The van der Waals surface area contributed by atoms with Crippen LogP contribution in [0.5, 0.6) is 0 Å². The van der Waals surface area contributed by atoms with Crippen LogP contribution in [0.4, 0.5) is 0 Å². The first-order valence-electron chi connectivity index (χ1n) is 17.8. The third-order valence-electron chi connectivity index (χ3n) is 11.8. The molecule has 9 aromatic rings. The first-order valence-corrected chi connectivity index (χ1v) is 17.8. The number of rotatable bonds is 3. The van der Waals surface area contributed by atoms with Crippen LogP contribution in [-0.2, 0) is 5.41 Å². The molecule has 0 unspecified atom stereocenters. The Morgan fingerprint density at radius 2 is 0.941 bits per heavy atom. The van der Waals surface area contributed by atoms with Crippen molar-refractivity contribution in [2.45, 2.75) is 5.41 Å². The molecular weight excluding hydrogens is 613 g/mol. The van der Waals surface area contributed by atoms with Gasteiger partial charge in [0.25, 0.3) is 0 Å². The molecule has 2 aliphatic rings. The van der Waals surface area contributed by atoms with Gasteiger partial charge in [-0.3, -0.25) is 0 Å². The van der Waals surface area contributed by atoms with Gasteiger partial charge in [-0.1, -0.05) is 159 Å². The summed E-state index contributed by atoms with van der Waals surface area (Å²) in [5, 5.41) is 10.1. The average Bonchev–Trinajstić information content (AvgIpc) is 3.66. The molecule has 9 aromatic carbocycles. The van der Waals surface area contributed by atoms with Gasteiger partial charge >= 0.3 is 0 Å². The van der Waals surface area contributed by atoms with Crippen LogP contribution in [0, 0.1) is 0 Å². The summed E-state index contributed by atoms with van der Waals surface area (Å²) in [4.78, 5) is 0. The van der Waals surface area contributed by atoms with Gasteiger partial charge in [0.1, 0.15) is 0 Å². The van der Waals surface area contributed by atoms with Crippen molar-refractivity contribution in [3.8, 4) is 33.4 Å². The predicted octanol–water partition coefficient (Wildman–Crippen LogP) is 13.6. The van der Waals surface area contributed by atoms with Gasteiger partial charge < -0.3 is 0 Å². The summed E-state index contributed by atoms with van der Waals surface area (Å²) in [6.45, 7) is 8.46. The SMILES string of the molecule is C=Cc1c(-c2ccc3cc4c(cc3c2)C2(c3ccccc3-c3ccccc32)c2c-4c3ccccc3c3ccccc23)cc2ccccc2c1C=C. The Bertz CT molecular complexity index is 2960. The number of benzene rings is 9. The molecule has 0 aromatic heterocycles. The fourth-order valence-corrected chi connectivity index (χ4v) is 9.79. The van der Waals surface area contributed by atoms with Crippen LogP contribution in [0.1, 0.15) is 33.4 Å². The van der Waals surface area contributed by atoms with Crippen LogP contribution in [0.3, 0.4) is 0 Å². The van der Waals surface area contributed by atoms with Gasteiger partial charge in [0, 0.05) is 0 Å². The van der Waals surface area contributed by atoms with Gasteiger partial charge in [-0.2, -0.15) is 0 Å². The van der Waals surface area contributed by atoms with Gasteiger partial charge in [-0.15, -0.1) is 0 Å². The van der Waals surface area contributed by atoms with E-state index in [0.29, 0.717) is 0 Å². The lowest BCUT2D eigenvalue weighted by Crippen LogP contribution is -2.26. The summed E-state index contributed by atoms with van der Waals surface area (Å²) in [6.07, 6.45) is 3.96. The second-order valence-electron chi connectivity index (χ2n) is 14.0. The summed E-state index contributed by atoms with van der Waals surface area (Å²) in [5.41, 5.74) is 14.9. The maximum absolute atomic E-state index is 4.26. The van der Waals surface area contributed by atoms with Gasteiger partial charge in [0.05, 0.1) is 5.41 Å². The first-order chi connectivity index (χ1) is 25.2. The second kappa shape index (κ2) is 10.3. The molecular formula is C51H32. The smallest absolute Gasteiger partial charge is 0.0731 e. The molecule has 0 N–H and O–H groups in total. The third kappa shape index (κ3) is 3.54. The Hall–Kier alpha value is -6.50. The molecule has 0 heteroatoms. The molecule has 0 aliphatic heterocycles. The largest absolute Gasteiger partial charge is 0.0984 e. The lowest BCUT2D eigenvalue weighted by Gasteiger charge is -2.32. The fraction of sp³-hybridized carbons (Fsp3) is 0.0196. The van der Waals surface area contributed by atoms with Crippen molar-refractivity contribution in [2.75, 3.05) is 0 Å². The van der Waals surface area contributed by atoms with Crippen molar-refractivity contribution in [1.29, 1.82) is 0 Å². The van der Waals surface area contributed by atoms with E-state index < -0.39 is 5.41 Å². The third-order valence-corrected chi connectivity index (χ3v) is 11.8. The Labute approximate surface area is 297 Å². The average molecular weight is 645 g/mol. The van der Waals surface area contributed by atoms with Crippen molar-refractivity contribution in [2.24, 2.45) is 0 Å². The maximum atomic E-state index is 4.26. The van der Waals surface area contributed by atoms with Gasteiger partial charge in [-0.05, 0) is 134 Å². The second-order valence-corrected chi connectivity index (χ2v) is 14.0. The molecule has 0 amide bonds. The minimum atomic E-state index is -0.461. The van der Waals surface area contributed by atoms with Crippen LogP contribution in [-0.4, -0.2) is 0 Å².